The number of hydrogen-bond donors (Lipinski definition) is 3. The summed E-state index contributed by atoms with van der Waals surface area (Å²) in [5.74, 6) is 4.41. The molecule has 10 heavy (non-hydrogen) atoms. The number of allylic oxidation sites excluding steroid dienone is 1. The molecule has 0 aliphatic carbocycles. The van der Waals surface area contributed by atoms with Crippen LogP contribution >= 0.6 is 0 Å². The molecule has 4 nitrogen and oxygen atoms in total. The maximum Gasteiger partial charge on any atom is 0.236 e. The molecule has 4 heteroatoms. The smallest absolute Gasteiger partial charge is 0.236 e. The van der Waals surface area contributed by atoms with Crippen LogP contribution in [0.15, 0.2) is 12.2 Å². The number of nitrogens with one attached hydrogen (secondary N) is 1. The SMILES string of the molecule is C/C=C/[C@@H](O)CC(=O)NN. The minimum atomic E-state index is -0.728. The lowest BCUT2D eigenvalue weighted by molar-refractivity contribution is -0.122. The first-order valence-corrected chi connectivity index (χ1v) is 3.01. The third-order valence-electron chi connectivity index (χ3n) is 0.970. The molecule has 0 fully saturated rings. The summed E-state index contributed by atoms with van der Waals surface area (Å²) in [4.78, 5) is 10.5. The highest BCUT2D eigenvalue weighted by atomic mass is 16.3. The average Bonchev–Trinajstić information content (AvgIpc) is 1.88. The number of nitrogens with two attached hydrogens (primary N) is 1. The predicted molar refractivity (Wildman–Crippen MR) is 37.8 cm³/mol. The van der Waals surface area contributed by atoms with Crippen LogP contribution < -0.4 is 11.3 Å². The van der Waals surface area contributed by atoms with Gasteiger partial charge in [-0.15, -0.1) is 0 Å². The topological polar surface area (TPSA) is 75.3 Å². The zero-order chi connectivity index (χ0) is 7.98. The molecule has 0 saturated carbocycles. The van der Waals surface area contributed by atoms with Crippen molar-refractivity contribution in [3.8, 4) is 0 Å². The van der Waals surface area contributed by atoms with E-state index in [2.05, 4.69) is 0 Å². The van der Waals surface area contributed by atoms with Gasteiger partial charge in [-0.25, -0.2) is 5.84 Å². The van der Waals surface area contributed by atoms with Gasteiger partial charge in [0.15, 0.2) is 0 Å². The van der Waals surface area contributed by atoms with Crippen molar-refractivity contribution < 1.29 is 9.90 Å². The molecule has 0 aliphatic rings. The largest absolute Gasteiger partial charge is 0.389 e. The minimum Gasteiger partial charge on any atom is -0.389 e. The van der Waals surface area contributed by atoms with Gasteiger partial charge >= 0.3 is 0 Å². The summed E-state index contributed by atoms with van der Waals surface area (Å²) >= 11 is 0. The lowest BCUT2D eigenvalue weighted by atomic mass is 10.2. The van der Waals surface area contributed by atoms with Gasteiger partial charge in [0.2, 0.25) is 5.91 Å². The molecule has 0 bridgehead atoms. The Bertz CT molecular complexity index is 134. The first kappa shape index (κ1) is 9.13. The molecule has 1 atom stereocenters. The molecule has 0 spiro atoms. The molecule has 1 amide bonds. The fourth-order valence-electron chi connectivity index (χ4n) is 0.539. The molecule has 4 N–H and O–H groups in total. The monoisotopic (exact) mass is 144 g/mol. The van der Waals surface area contributed by atoms with Gasteiger partial charge in [0, 0.05) is 0 Å². The number of rotatable bonds is 3. The Hall–Kier alpha value is -0.870. The van der Waals surface area contributed by atoms with Crippen molar-refractivity contribution >= 4 is 5.91 Å². The highest BCUT2D eigenvalue weighted by Gasteiger charge is 2.04. The fraction of sp³-hybridized carbons (Fsp3) is 0.500. The third-order valence-corrected chi connectivity index (χ3v) is 0.970. The van der Waals surface area contributed by atoms with Crippen molar-refractivity contribution in [1.29, 1.82) is 0 Å². The van der Waals surface area contributed by atoms with Crippen LogP contribution in [0.4, 0.5) is 0 Å². The number of amides is 1. The van der Waals surface area contributed by atoms with E-state index >= 15 is 0 Å². The second-order valence-electron chi connectivity index (χ2n) is 1.86. The van der Waals surface area contributed by atoms with E-state index < -0.39 is 6.10 Å². The molecule has 0 aromatic heterocycles. The molecule has 0 heterocycles. The molecule has 0 aromatic rings. The van der Waals surface area contributed by atoms with Crippen molar-refractivity contribution in [2.75, 3.05) is 0 Å². The molecule has 0 aromatic carbocycles. The zero-order valence-electron chi connectivity index (χ0n) is 5.87. The van der Waals surface area contributed by atoms with Gasteiger partial charge < -0.3 is 5.11 Å². The second kappa shape index (κ2) is 4.96. The van der Waals surface area contributed by atoms with Crippen molar-refractivity contribution in [3.05, 3.63) is 12.2 Å². The summed E-state index contributed by atoms with van der Waals surface area (Å²) in [6.07, 6.45) is 2.48. The second-order valence-corrected chi connectivity index (χ2v) is 1.86. The molecule has 0 rings (SSSR count). The Morgan fingerprint density at radius 3 is 2.90 bits per heavy atom. The Kier molecular flexibility index (Phi) is 4.53. The number of hydrogen-bond acceptors (Lipinski definition) is 3. The number of hydrazine groups is 1. The van der Waals surface area contributed by atoms with Gasteiger partial charge in [-0.3, -0.25) is 10.2 Å². The number of aliphatic hydroxyl groups excluding tert-OH is 1. The van der Waals surface area contributed by atoms with Crippen LogP contribution in [0.25, 0.3) is 0 Å². The summed E-state index contributed by atoms with van der Waals surface area (Å²) in [5, 5.41) is 8.95. The van der Waals surface area contributed by atoms with Crippen molar-refractivity contribution in [3.63, 3.8) is 0 Å². The summed E-state index contributed by atoms with van der Waals surface area (Å²) in [5.41, 5.74) is 1.92. The van der Waals surface area contributed by atoms with E-state index in [-0.39, 0.29) is 12.3 Å². The van der Waals surface area contributed by atoms with E-state index in [1.165, 1.54) is 6.08 Å². The van der Waals surface area contributed by atoms with E-state index in [1.807, 2.05) is 5.43 Å². The highest BCUT2D eigenvalue weighted by Crippen LogP contribution is 1.91. The molecule has 0 aliphatic heterocycles. The Morgan fingerprint density at radius 1 is 1.90 bits per heavy atom. The lowest BCUT2D eigenvalue weighted by Crippen LogP contribution is -2.32. The zero-order valence-corrected chi connectivity index (χ0v) is 5.87. The number of aliphatic hydroxyl groups is 1. The summed E-state index contributed by atoms with van der Waals surface area (Å²) < 4.78 is 0. The Balaban J connectivity index is 3.57. The van der Waals surface area contributed by atoms with Crippen LogP contribution in [-0.4, -0.2) is 17.1 Å². The van der Waals surface area contributed by atoms with Crippen molar-refractivity contribution in [1.82, 2.24) is 5.43 Å². The van der Waals surface area contributed by atoms with Crippen molar-refractivity contribution in [2.45, 2.75) is 19.4 Å². The van der Waals surface area contributed by atoms with Gasteiger partial charge in [-0.05, 0) is 6.92 Å². The average molecular weight is 144 g/mol. The van der Waals surface area contributed by atoms with Crippen LogP contribution in [-0.2, 0) is 4.79 Å². The van der Waals surface area contributed by atoms with Gasteiger partial charge in [0.05, 0.1) is 12.5 Å². The van der Waals surface area contributed by atoms with E-state index in [9.17, 15) is 4.79 Å². The quantitative estimate of drug-likeness (QED) is 0.212. The van der Waals surface area contributed by atoms with Gasteiger partial charge in [0.1, 0.15) is 0 Å². The molecular formula is C6H12N2O2. The molecule has 0 unspecified atom stereocenters. The molecule has 0 saturated heterocycles. The Morgan fingerprint density at radius 2 is 2.50 bits per heavy atom. The van der Waals surface area contributed by atoms with Crippen LogP contribution in [0.1, 0.15) is 13.3 Å². The van der Waals surface area contributed by atoms with Crippen LogP contribution in [0.5, 0.6) is 0 Å². The first-order valence-electron chi connectivity index (χ1n) is 3.01. The Labute approximate surface area is 59.7 Å². The maximum atomic E-state index is 10.5. The van der Waals surface area contributed by atoms with Gasteiger partial charge in [-0.1, -0.05) is 12.2 Å². The lowest BCUT2D eigenvalue weighted by Gasteiger charge is -2.01. The highest BCUT2D eigenvalue weighted by molar-refractivity contribution is 5.75. The normalized spacial score (nSPS) is 13.5. The minimum absolute atomic E-state index is 0.0147. The molecular weight excluding hydrogens is 132 g/mol. The molecule has 0 radical (unpaired) electrons. The van der Waals surface area contributed by atoms with Crippen LogP contribution in [0.3, 0.4) is 0 Å². The summed E-state index contributed by atoms with van der Waals surface area (Å²) in [6, 6.07) is 0. The predicted octanol–water partition coefficient (Wildman–Crippen LogP) is -0.697. The summed E-state index contributed by atoms with van der Waals surface area (Å²) in [6.45, 7) is 1.77. The van der Waals surface area contributed by atoms with E-state index in [0.717, 1.165) is 0 Å². The van der Waals surface area contributed by atoms with Crippen LogP contribution in [0, 0.1) is 0 Å². The van der Waals surface area contributed by atoms with Gasteiger partial charge in [0.25, 0.3) is 0 Å². The van der Waals surface area contributed by atoms with Crippen LogP contribution in [0.2, 0.25) is 0 Å². The van der Waals surface area contributed by atoms with E-state index in [0.29, 0.717) is 0 Å². The standard InChI is InChI=1S/C6H12N2O2/c1-2-3-5(9)4-6(10)8-7/h2-3,5,9H,4,7H2,1H3,(H,8,10)/b3-2+/t5-/m1/s1. The maximum absolute atomic E-state index is 10.5. The first-order chi connectivity index (χ1) is 4.70. The number of carbonyl (C=O) groups is 1. The third kappa shape index (κ3) is 4.05. The molecule has 58 valence electrons. The summed E-state index contributed by atoms with van der Waals surface area (Å²) in [7, 11) is 0. The fourth-order valence-corrected chi connectivity index (χ4v) is 0.539. The van der Waals surface area contributed by atoms with Gasteiger partial charge in [-0.2, -0.15) is 0 Å². The number of carbonyl (C=O) groups excluding carboxylic acids is 1. The van der Waals surface area contributed by atoms with E-state index in [4.69, 9.17) is 10.9 Å². The van der Waals surface area contributed by atoms with E-state index in [1.54, 1.807) is 13.0 Å². The van der Waals surface area contributed by atoms with Crippen molar-refractivity contribution in [2.24, 2.45) is 5.84 Å².